The summed E-state index contributed by atoms with van der Waals surface area (Å²) in [5.41, 5.74) is 2.80. The molecule has 9 heteroatoms. The molecule has 1 aliphatic rings. The van der Waals surface area contributed by atoms with Crippen molar-refractivity contribution in [2.45, 2.75) is 11.3 Å². The zero-order valence-corrected chi connectivity index (χ0v) is 22.5. The maximum absolute atomic E-state index is 13.3. The molecule has 0 saturated heterocycles. The number of nitrogens with one attached hydrogen (secondary N) is 1. The molecule has 0 atom stereocenters. The second-order valence-corrected chi connectivity index (χ2v) is 11.6. The fraction of sp³-hybridized carbons (Fsp3) is 0.0714. The van der Waals surface area contributed by atoms with Gasteiger partial charge in [0, 0.05) is 27.7 Å². The molecule has 37 heavy (non-hydrogen) atoms. The number of hydrogen-bond acceptors (Lipinski definition) is 4. The maximum atomic E-state index is 13.3. The third-order valence-electron chi connectivity index (χ3n) is 6.14. The number of halogens is 2. The van der Waals surface area contributed by atoms with Crippen LogP contribution in [0, 0.1) is 0 Å². The van der Waals surface area contributed by atoms with Gasteiger partial charge in [0.2, 0.25) is 0 Å². The van der Waals surface area contributed by atoms with E-state index in [4.69, 9.17) is 11.6 Å². The van der Waals surface area contributed by atoms with Crippen molar-refractivity contribution >= 4 is 60.6 Å². The number of ketones is 1. The minimum atomic E-state index is -3.77. The highest BCUT2D eigenvalue weighted by atomic mass is 79.9. The predicted octanol–water partition coefficient (Wildman–Crippen LogP) is 6.34. The van der Waals surface area contributed by atoms with Gasteiger partial charge in [-0.2, -0.15) is 0 Å². The summed E-state index contributed by atoms with van der Waals surface area (Å²) < 4.78 is 28.6. The van der Waals surface area contributed by atoms with Crippen LogP contribution in [-0.4, -0.2) is 26.7 Å². The van der Waals surface area contributed by atoms with E-state index < -0.39 is 15.9 Å². The first-order valence-corrected chi connectivity index (χ1v) is 14.0. The Kier molecular flexibility index (Phi) is 6.90. The molecule has 0 bridgehead atoms. The van der Waals surface area contributed by atoms with Crippen LogP contribution in [-0.2, 0) is 16.4 Å². The molecule has 5 rings (SSSR count). The third-order valence-corrected chi connectivity index (χ3v) is 8.79. The number of amides is 1. The van der Waals surface area contributed by atoms with Crippen LogP contribution in [0.2, 0.25) is 5.02 Å². The average molecular weight is 596 g/mol. The highest BCUT2D eigenvalue weighted by Gasteiger charge is 2.30. The number of fused-ring (bicyclic) bond motifs is 1. The minimum absolute atomic E-state index is 0.0963. The average Bonchev–Trinajstić information content (AvgIpc) is 3.35. The summed E-state index contributed by atoms with van der Waals surface area (Å²) in [5, 5.41) is 3.07. The molecular weight excluding hydrogens is 576 g/mol. The highest BCUT2D eigenvalue weighted by Crippen LogP contribution is 2.33. The molecule has 1 heterocycles. The Hall–Kier alpha value is -3.46. The fourth-order valence-electron chi connectivity index (χ4n) is 4.26. The van der Waals surface area contributed by atoms with Crippen LogP contribution in [0.1, 0.15) is 31.8 Å². The molecule has 0 saturated carbocycles. The molecule has 0 aromatic heterocycles. The van der Waals surface area contributed by atoms with E-state index >= 15 is 0 Å². The number of sulfonamides is 1. The van der Waals surface area contributed by atoms with Crippen LogP contribution in [0.3, 0.4) is 0 Å². The molecule has 1 amide bonds. The maximum Gasteiger partial charge on any atom is 0.264 e. The van der Waals surface area contributed by atoms with Crippen molar-refractivity contribution in [3.05, 3.63) is 123 Å². The van der Waals surface area contributed by atoms with Crippen molar-refractivity contribution in [1.29, 1.82) is 0 Å². The first-order valence-electron chi connectivity index (χ1n) is 11.4. The number of carbonyl (C=O) groups is 2. The summed E-state index contributed by atoms with van der Waals surface area (Å²) in [6.45, 7) is 0.371. The lowest BCUT2D eigenvalue weighted by Crippen LogP contribution is -2.29. The Labute approximate surface area is 228 Å². The zero-order chi connectivity index (χ0) is 26.2. The van der Waals surface area contributed by atoms with E-state index in [1.165, 1.54) is 28.6 Å². The molecule has 4 aromatic rings. The topological polar surface area (TPSA) is 83.5 Å². The van der Waals surface area contributed by atoms with Gasteiger partial charge in [0.15, 0.2) is 5.78 Å². The standard InChI is InChI=1S/C28H20BrClN2O4S/c29-20-11-14-25(23(17-20)27(33)22-6-2-3-7-24(22)30)31-28(34)19-9-12-21(13-10-19)37(35,36)32-16-15-18-5-1-4-8-26(18)32/h1-14,17H,15-16H2,(H,31,34). The van der Waals surface area contributed by atoms with Crippen LogP contribution in [0.4, 0.5) is 11.4 Å². The van der Waals surface area contributed by atoms with Crippen LogP contribution in [0.5, 0.6) is 0 Å². The van der Waals surface area contributed by atoms with Gasteiger partial charge in [0.05, 0.1) is 21.3 Å². The van der Waals surface area contributed by atoms with E-state index in [9.17, 15) is 18.0 Å². The highest BCUT2D eigenvalue weighted by molar-refractivity contribution is 9.10. The van der Waals surface area contributed by atoms with Gasteiger partial charge in [-0.3, -0.25) is 13.9 Å². The summed E-state index contributed by atoms with van der Waals surface area (Å²) in [5.74, 6) is -0.819. The molecule has 0 unspecified atom stereocenters. The molecule has 0 spiro atoms. The van der Waals surface area contributed by atoms with Crippen molar-refractivity contribution in [3.63, 3.8) is 0 Å². The van der Waals surface area contributed by atoms with Crippen LogP contribution in [0.15, 0.2) is 100 Å². The summed E-state index contributed by atoms with van der Waals surface area (Å²) >= 11 is 9.59. The Bertz CT molecular complexity index is 1640. The van der Waals surface area contributed by atoms with E-state index in [0.29, 0.717) is 39.4 Å². The van der Waals surface area contributed by atoms with Gasteiger partial charge < -0.3 is 5.32 Å². The fourth-order valence-corrected chi connectivity index (χ4v) is 6.35. The molecule has 1 aliphatic heterocycles. The largest absolute Gasteiger partial charge is 0.321 e. The van der Waals surface area contributed by atoms with E-state index in [1.807, 2.05) is 18.2 Å². The predicted molar refractivity (Wildman–Crippen MR) is 148 cm³/mol. The normalized spacial score (nSPS) is 12.8. The molecular formula is C28H20BrClN2O4S. The van der Waals surface area contributed by atoms with Crippen molar-refractivity contribution in [3.8, 4) is 0 Å². The molecule has 0 fully saturated rings. The van der Waals surface area contributed by atoms with Crippen LogP contribution < -0.4 is 9.62 Å². The molecule has 4 aromatic carbocycles. The monoisotopic (exact) mass is 594 g/mol. The Balaban J connectivity index is 1.39. The zero-order valence-electron chi connectivity index (χ0n) is 19.3. The van der Waals surface area contributed by atoms with Gasteiger partial charge in [-0.05, 0) is 72.6 Å². The van der Waals surface area contributed by atoms with E-state index in [0.717, 1.165) is 5.56 Å². The number of anilines is 2. The summed E-state index contributed by atoms with van der Waals surface area (Å²) in [6, 6.07) is 24.8. The van der Waals surface area contributed by atoms with Crippen LogP contribution in [0.25, 0.3) is 0 Å². The van der Waals surface area contributed by atoms with Crippen LogP contribution >= 0.6 is 27.5 Å². The Morgan fingerprint density at radius 1 is 0.865 bits per heavy atom. The van der Waals surface area contributed by atoms with Gasteiger partial charge in [-0.1, -0.05) is 57.9 Å². The lowest BCUT2D eigenvalue weighted by Gasteiger charge is -2.19. The number of carbonyl (C=O) groups excluding carboxylic acids is 2. The first kappa shape index (κ1) is 25.2. The van der Waals surface area contributed by atoms with Crippen molar-refractivity contribution in [1.82, 2.24) is 0 Å². The summed E-state index contributed by atoms with van der Waals surface area (Å²) in [7, 11) is -3.77. The Morgan fingerprint density at radius 2 is 1.57 bits per heavy atom. The molecule has 6 nitrogen and oxygen atoms in total. The minimum Gasteiger partial charge on any atom is -0.321 e. The van der Waals surface area contributed by atoms with E-state index in [-0.39, 0.29) is 21.8 Å². The Morgan fingerprint density at radius 3 is 2.32 bits per heavy atom. The van der Waals surface area contributed by atoms with Gasteiger partial charge >= 0.3 is 0 Å². The van der Waals surface area contributed by atoms with Crippen molar-refractivity contribution in [2.24, 2.45) is 0 Å². The van der Waals surface area contributed by atoms with E-state index in [2.05, 4.69) is 21.2 Å². The van der Waals surface area contributed by atoms with Gasteiger partial charge in [-0.15, -0.1) is 0 Å². The first-order chi connectivity index (χ1) is 17.8. The molecule has 0 aliphatic carbocycles. The van der Waals surface area contributed by atoms with Gasteiger partial charge in [-0.25, -0.2) is 8.42 Å². The number of benzene rings is 4. The number of nitrogens with zero attached hydrogens (tertiary/aromatic N) is 1. The lowest BCUT2D eigenvalue weighted by atomic mass is 10.0. The smallest absolute Gasteiger partial charge is 0.264 e. The summed E-state index contributed by atoms with van der Waals surface area (Å²) in [4.78, 5) is 26.3. The van der Waals surface area contributed by atoms with E-state index in [1.54, 1.807) is 48.5 Å². The lowest BCUT2D eigenvalue weighted by molar-refractivity contribution is 0.102. The SMILES string of the molecule is O=C(Nc1ccc(Br)cc1C(=O)c1ccccc1Cl)c1ccc(S(=O)(=O)N2CCc3ccccc32)cc1. The quantitative estimate of drug-likeness (QED) is 0.264. The number of hydrogen-bond donors (Lipinski definition) is 1. The molecule has 186 valence electrons. The number of rotatable bonds is 6. The number of para-hydroxylation sites is 1. The van der Waals surface area contributed by atoms with Crippen molar-refractivity contribution < 1.29 is 18.0 Å². The molecule has 1 N–H and O–H groups in total. The van der Waals surface area contributed by atoms with Gasteiger partial charge in [0.25, 0.3) is 15.9 Å². The second kappa shape index (κ2) is 10.1. The third kappa shape index (κ3) is 4.92. The molecule has 0 radical (unpaired) electrons. The van der Waals surface area contributed by atoms with Gasteiger partial charge in [0.1, 0.15) is 0 Å². The summed E-state index contributed by atoms with van der Waals surface area (Å²) in [6.07, 6.45) is 0.651. The second-order valence-electron chi connectivity index (χ2n) is 8.43. The van der Waals surface area contributed by atoms with Crippen molar-refractivity contribution in [2.75, 3.05) is 16.2 Å².